The van der Waals surface area contributed by atoms with Crippen LogP contribution in [0.2, 0.25) is 0 Å². The second-order valence-corrected chi connectivity index (χ2v) is 4.48. The van der Waals surface area contributed by atoms with Gasteiger partial charge < -0.3 is 16.2 Å². The molecule has 0 aliphatic heterocycles. The van der Waals surface area contributed by atoms with Gasteiger partial charge in [0.05, 0.1) is 5.56 Å². The second kappa shape index (κ2) is 6.29. The maximum Gasteiger partial charge on any atom is 0.165 e. The first kappa shape index (κ1) is 14.2. The molecule has 0 bridgehead atoms. The van der Waals surface area contributed by atoms with E-state index in [2.05, 4.69) is 15.3 Å². The van der Waals surface area contributed by atoms with Gasteiger partial charge in [-0.25, -0.2) is 14.4 Å². The van der Waals surface area contributed by atoms with Crippen molar-refractivity contribution < 1.29 is 9.50 Å². The van der Waals surface area contributed by atoms with Gasteiger partial charge in [0.2, 0.25) is 0 Å². The number of nitrogens with zero attached hydrogens (tertiary/aromatic N) is 2. The van der Waals surface area contributed by atoms with E-state index in [-0.39, 0.29) is 23.2 Å². The molecule has 4 N–H and O–H groups in total. The van der Waals surface area contributed by atoms with Gasteiger partial charge in [0.25, 0.3) is 0 Å². The number of phenolic OH excluding ortho intramolecular Hbond substituents is 1. The standard InChI is InChI=1S/C14H17FN4O/c1-2-10(16)8-18-13-5-6-17-14(19-13)11-7-9(15)3-4-12(11)20/h3-7,10,20H,2,8,16H2,1H3,(H,17,18,19)/t10-/m1/s1. The third-order valence-corrected chi connectivity index (χ3v) is 2.92. The van der Waals surface area contributed by atoms with Gasteiger partial charge in [0.15, 0.2) is 5.82 Å². The normalized spacial score (nSPS) is 12.2. The Hall–Kier alpha value is -2.21. The molecule has 0 aliphatic carbocycles. The van der Waals surface area contributed by atoms with Crippen molar-refractivity contribution in [3.05, 3.63) is 36.3 Å². The molecule has 0 spiro atoms. The van der Waals surface area contributed by atoms with E-state index in [0.717, 1.165) is 6.42 Å². The Labute approximate surface area is 116 Å². The topological polar surface area (TPSA) is 84.1 Å². The number of benzene rings is 1. The number of phenols is 1. The van der Waals surface area contributed by atoms with Crippen LogP contribution in [-0.2, 0) is 0 Å². The SMILES string of the molecule is CC[C@@H](N)CNc1ccnc(-c2cc(F)ccc2O)n1. The van der Waals surface area contributed by atoms with Crippen molar-refractivity contribution in [2.45, 2.75) is 19.4 Å². The van der Waals surface area contributed by atoms with Crippen molar-refractivity contribution in [3.63, 3.8) is 0 Å². The quantitative estimate of drug-likeness (QED) is 0.779. The summed E-state index contributed by atoms with van der Waals surface area (Å²) >= 11 is 0. The van der Waals surface area contributed by atoms with E-state index in [0.29, 0.717) is 12.4 Å². The maximum atomic E-state index is 13.2. The molecule has 1 atom stereocenters. The van der Waals surface area contributed by atoms with Crippen molar-refractivity contribution in [2.75, 3.05) is 11.9 Å². The number of halogens is 1. The lowest BCUT2D eigenvalue weighted by Gasteiger charge is -2.11. The average Bonchev–Trinajstić information content (AvgIpc) is 2.47. The summed E-state index contributed by atoms with van der Waals surface area (Å²) in [7, 11) is 0. The molecule has 0 radical (unpaired) electrons. The van der Waals surface area contributed by atoms with Crippen LogP contribution in [0.3, 0.4) is 0 Å². The highest BCUT2D eigenvalue weighted by atomic mass is 19.1. The van der Waals surface area contributed by atoms with E-state index >= 15 is 0 Å². The number of anilines is 1. The van der Waals surface area contributed by atoms with Crippen LogP contribution in [0.15, 0.2) is 30.5 Å². The largest absolute Gasteiger partial charge is 0.507 e. The van der Waals surface area contributed by atoms with Gasteiger partial charge in [0.1, 0.15) is 17.4 Å². The first-order valence-corrected chi connectivity index (χ1v) is 6.41. The van der Waals surface area contributed by atoms with E-state index in [1.54, 1.807) is 12.3 Å². The molecular weight excluding hydrogens is 259 g/mol. The second-order valence-electron chi connectivity index (χ2n) is 4.48. The van der Waals surface area contributed by atoms with Crippen LogP contribution in [-0.4, -0.2) is 27.7 Å². The van der Waals surface area contributed by atoms with Crippen molar-refractivity contribution in [2.24, 2.45) is 5.73 Å². The highest BCUT2D eigenvalue weighted by Gasteiger charge is 2.09. The summed E-state index contributed by atoms with van der Waals surface area (Å²) in [5.41, 5.74) is 6.08. The summed E-state index contributed by atoms with van der Waals surface area (Å²) in [6.45, 7) is 2.59. The molecule has 2 rings (SSSR count). The van der Waals surface area contributed by atoms with Crippen LogP contribution in [0.5, 0.6) is 5.75 Å². The van der Waals surface area contributed by atoms with Crippen LogP contribution >= 0.6 is 0 Å². The molecule has 0 aliphatic rings. The number of nitrogens with two attached hydrogens (primary N) is 1. The minimum Gasteiger partial charge on any atom is -0.507 e. The van der Waals surface area contributed by atoms with Crippen molar-refractivity contribution in [1.29, 1.82) is 0 Å². The fourth-order valence-electron chi connectivity index (χ4n) is 1.65. The minimum atomic E-state index is -0.451. The average molecular weight is 276 g/mol. The zero-order valence-corrected chi connectivity index (χ0v) is 11.2. The Balaban J connectivity index is 2.23. The van der Waals surface area contributed by atoms with E-state index < -0.39 is 5.82 Å². The Kier molecular flexibility index (Phi) is 4.47. The Morgan fingerprint density at radius 1 is 1.40 bits per heavy atom. The molecule has 0 unspecified atom stereocenters. The Morgan fingerprint density at radius 3 is 2.95 bits per heavy atom. The van der Waals surface area contributed by atoms with Crippen molar-refractivity contribution in [1.82, 2.24) is 9.97 Å². The summed E-state index contributed by atoms with van der Waals surface area (Å²) in [4.78, 5) is 8.30. The fourth-order valence-corrected chi connectivity index (χ4v) is 1.65. The summed E-state index contributed by atoms with van der Waals surface area (Å²) in [6.07, 6.45) is 2.40. The van der Waals surface area contributed by atoms with Crippen LogP contribution < -0.4 is 11.1 Å². The van der Waals surface area contributed by atoms with Gasteiger partial charge in [-0.15, -0.1) is 0 Å². The molecule has 1 aromatic carbocycles. The Morgan fingerprint density at radius 2 is 2.20 bits per heavy atom. The van der Waals surface area contributed by atoms with E-state index in [1.807, 2.05) is 6.92 Å². The lowest BCUT2D eigenvalue weighted by atomic mass is 10.2. The number of aromatic hydroxyl groups is 1. The van der Waals surface area contributed by atoms with Crippen molar-refractivity contribution >= 4 is 5.82 Å². The first-order chi connectivity index (χ1) is 9.60. The summed E-state index contributed by atoms with van der Waals surface area (Å²) in [6, 6.07) is 5.40. The number of aromatic nitrogens is 2. The number of hydrogen-bond donors (Lipinski definition) is 3. The van der Waals surface area contributed by atoms with E-state index in [1.165, 1.54) is 18.2 Å². The molecule has 0 amide bonds. The molecule has 5 nitrogen and oxygen atoms in total. The highest BCUT2D eigenvalue weighted by Crippen LogP contribution is 2.27. The predicted octanol–water partition coefficient (Wildman–Crippen LogP) is 2.14. The van der Waals surface area contributed by atoms with Gasteiger partial charge in [0, 0.05) is 18.8 Å². The third kappa shape index (κ3) is 3.42. The van der Waals surface area contributed by atoms with Crippen LogP contribution in [0.1, 0.15) is 13.3 Å². The molecular formula is C14H17FN4O. The van der Waals surface area contributed by atoms with Crippen LogP contribution in [0.25, 0.3) is 11.4 Å². The van der Waals surface area contributed by atoms with Gasteiger partial charge >= 0.3 is 0 Å². The van der Waals surface area contributed by atoms with E-state index in [4.69, 9.17) is 5.73 Å². The number of rotatable bonds is 5. The Bertz CT molecular complexity index is 591. The van der Waals surface area contributed by atoms with Gasteiger partial charge in [-0.05, 0) is 30.7 Å². The summed E-state index contributed by atoms with van der Waals surface area (Å²) in [5.74, 6) is 0.334. The van der Waals surface area contributed by atoms with Crippen molar-refractivity contribution in [3.8, 4) is 17.1 Å². The first-order valence-electron chi connectivity index (χ1n) is 6.41. The monoisotopic (exact) mass is 276 g/mol. The summed E-state index contributed by atoms with van der Waals surface area (Å²) in [5, 5.41) is 12.8. The van der Waals surface area contributed by atoms with Crippen LogP contribution in [0, 0.1) is 5.82 Å². The predicted molar refractivity (Wildman–Crippen MR) is 75.8 cm³/mol. The lowest BCUT2D eigenvalue weighted by molar-refractivity contribution is 0.474. The molecule has 0 fully saturated rings. The molecule has 1 heterocycles. The molecule has 0 saturated heterocycles. The lowest BCUT2D eigenvalue weighted by Crippen LogP contribution is -2.28. The van der Waals surface area contributed by atoms with Gasteiger partial charge in [-0.1, -0.05) is 6.92 Å². The highest BCUT2D eigenvalue weighted by molar-refractivity contribution is 5.64. The smallest absolute Gasteiger partial charge is 0.165 e. The van der Waals surface area contributed by atoms with E-state index in [9.17, 15) is 9.50 Å². The molecule has 0 saturated carbocycles. The zero-order chi connectivity index (χ0) is 14.5. The molecule has 20 heavy (non-hydrogen) atoms. The molecule has 6 heteroatoms. The van der Waals surface area contributed by atoms with Crippen LogP contribution in [0.4, 0.5) is 10.2 Å². The summed E-state index contributed by atoms with van der Waals surface area (Å²) < 4.78 is 13.2. The van der Waals surface area contributed by atoms with Gasteiger partial charge in [-0.3, -0.25) is 0 Å². The zero-order valence-electron chi connectivity index (χ0n) is 11.2. The maximum absolute atomic E-state index is 13.2. The number of hydrogen-bond acceptors (Lipinski definition) is 5. The minimum absolute atomic E-state index is 0.0380. The molecule has 106 valence electrons. The third-order valence-electron chi connectivity index (χ3n) is 2.92. The molecule has 2 aromatic rings. The molecule has 1 aromatic heterocycles. The number of nitrogens with one attached hydrogen (secondary N) is 1. The van der Waals surface area contributed by atoms with Gasteiger partial charge in [-0.2, -0.15) is 0 Å². The fraction of sp³-hybridized carbons (Fsp3) is 0.286.